The van der Waals surface area contributed by atoms with Crippen LogP contribution in [-0.4, -0.2) is 24.7 Å². The second kappa shape index (κ2) is 5.82. The van der Waals surface area contributed by atoms with E-state index in [1.54, 1.807) is 11.3 Å². The van der Waals surface area contributed by atoms with Gasteiger partial charge in [-0.2, -0.15) is 0 Å². The Hall–Kier alpha value is -0.910. The molecule has 5 heteroatoms. The fraction of sp³-hybridized carbons (Fsp3) is 0.615. The molecule has 18 heavy (non-hydrogen) atoms. The number of amides is 1. The number of aryl methyl sites for hydroxylation is 1. The minimum absolute atomic E-state index is 0.0236. The molecule has 1 aromatic rings. The highest BCUT2D eigenvalue weighted by molar-refractivity contribution is 7.12. The molecule has 1 aliphatic heterocycles. The molecule has 2 heterocycles. The van der Waals surface area contributed by atoms with Gasteiger partial charge in [0.15, 0.2) is 0 Å². The van der Waals surface area contributed by atoms with Crippen molar-refractivity contribution in [2.45, 2.75) is 44.9 Å². The number of rotatable bonds is 4. The Balaban J connectivity index is 1.88. The number of carbonyl (C=O) groups excluding carboxylic acids is 1. The number of carbonyl (C=O) groups is 1. The van der Waals surface area contributed by atoms with Crippen LogP contribution in [0.15, 0.2) is 12.1 Å². The van der Waals surface area contributed by atoms with Crippen molar-refractivity contribution in [2.24, 2.45) is 5.73 Å². The molecule has 3 N–H and O–H groups in total. The quantitative estimate of drug-likeness (QED) is 0.874. The Morgan fingerprint density at radius 2 is 2.39 bits per heavy atom. The van der Waals surface area contributed by atoms with Crippen molar-refractivity contribution >= 4 is 17.2 Å². The maximum atomic E-state index is 12.0. The summed E-state index contributed by atoms with van der Waals surface area (Å²) in [5.41, 5.74) is 5.54. The van der Waals surface area contributed by atoms with Crippen LogP contribution in [0.25, 0.3) is 0 Å². The molecule has 0 aromatic carbocycles. The van der Waals surface area contributed by atoms with Crippen molar-refractivity contribution in [3.63, 3.8) is 0 Å². The summed E-state index contributed by atoms with van der Waals surface area (Å²) in [6.07, 6.45) is 1.35. The van der Waals surface area contributed by atoms with Crippen molar-refractivity contribution in [3.8, 4) is 0 Å². The molecule has 1 amide bonds. The smallest absolute Gasteiger partial charge is 0.249 e. The Bertz CT molecular complexity index is 419. The first-order chi connectivity index (χ1) is 8.60. The summed E-state index contributed by atoms with van der Waals surface area (Å²) < 4.78 is 5.58. The van der Waals surface area contributed by atoms with Crippen molar-refractivity contribution in [1.29, 1.82) is 0 Å². The second-order valence-electron chi connectivity index (χ2n) is 4.74. The Labute approximate surface area is 112 Å². The predicted octanol–water partition coefficient (Wildman–Crippen LogP) is 1.74. The number of nitrogens with one attached hydrogen (secondary N) is 1. The van der Waals surface area contributed by atoms with Gasteiger partial charge in [0.1, 0.15) is 6.10 Å². The van der Waals surface area contributed by atoms with E-state index in [2.05, 4.69) is 24.4 Å². The van der Waals surface area contributed by atoms with Crippen LogP contribution in [0.5, 0.6) is 0 Å². The lowest BCUT2D eigenvalue weighted by molar-refractivity contribution is -0.132. The van der Waals surface area contributed by atoms with Crippen molar-refractivity contribution in [2.75, 3.05) is 6.54 Å². The standard InChI is InChI=1S/C13H20N2O2S/c1-8-3-6-12(18-8)9(2)15-13(16)11-5-4-10(7-14)17-11/h3,6,9-11H,4-5,7,14H2,1-2H3,(H,15,16). The molecule has 0 aliphatic carbocycles. The Morgan fingerprint density at radius 1 is 1.61 bits per heavy atom. The maximum Gasteiger partial charge on any atom is 0.249 e. The summed E-state index contributed by atoms with van der Waals surface area (Å²) in [7, 11) is 0. The highest BCUT2D eigenvalue weighted by Crippen LogP contribution is 2.24. The molecule has 0 saturated carbocycles. The number of nitrogens with two attached hydrogens (primary N) is 1. The molecule has 0 radical (unpaired) electrons. The lowest BCUT2D eigenvalue weighted by Gasteiger charge is -2.16. The topological polar surface area (TPSA) is 64.4 Å². The van der Waals surface area contributed by atoms with E-state index in [1.807, 2.05) is 6.92 Å². The number of thiophene rings is 1. The average molecular weight is 268 g/mol. The lowest BCUT2D eigenvalue weighted by Crippen LogP contribution is -2.36. The van der Waals surface area contributed by atoms with Crippen LogP contribution in [0, 0.1) is 6.92 Å². The largest absolute Gasteiger partial charge is 0.364 e. The zero-order valence-electron chi connectivity index (χ0n) is 10.8. The van der Waals surface area contributed by atoms with E-state index >= 15 is 0 Å². The molecular formula is C13H20N2O2S. The van der Waals surface area contributed by atoms with E-state index in [-0.39, 0.29) is 24.2 Å². The highest BCUT2D eigenvalue weighted by atomic mass is 32.1. The summed E-state index contributed by atoms with van der Waals surface area (Å²) in [6, 6.07) is 4.17. The average Bonchev–Trinajstić information content (AvgIpc) is 2.97. The third kappa shape index (κ3) is 3.10. The van der Waals surface area contributed by atoms with Gasteiger partial charge in [0, 0.05) is 16.3 Å². The maximum absolute atomic E-state index is 12.0. The zero-order chi connectivity index (χ0) is 13.1. The summed E-state index contributed by atoms with van der Waals surface area (Å²) in [5, 5.41) is 3.00. The monoisotopic (exact) mass is 268 g/mol. The molecule has 0 spiro atoms. The van der Waals surface area contributed by atoms with E-state index in [0.29, 0.717) is 6.54 Å². The van der Waals surface area contributed by atoms with Crippen LogP contribution in [-0.2, 0) is 9.53 Å². The first-order valence-electron chi connectivity index (χ1n) is 6.32. The van der Waals surface area contributed by atoms with Gasteiger partial charge >= 0.3 is 0 Å². The second-order valence-corrected chi connectivity index (χ2v) is 6.06. The van der Waals surface area contributed by atoms with Crippen LogP contribution in [0.3, 0.4) is 0 Å². The molecule has 1 aromatic heterocycles. The molecule has 0 bridgehead atoms. The van der Waals surface area contributed by atoms with Gasteiger partial charge in [-0.25, -0.2) is 0 Å². The van der Waals surface area contributed by atoms with E-state index in [4.69, 9.17) is 10.5 Å². The van der Waals surface area contributed by atoms with E-state index in [0.717, 1.165) is 12.8 Å². The number of ether oxygens (including phenoxy) is 1. The van der Waals surface area contributed by atoms with Crippen LogP contribution in [0.4, 0.5) is 0 Å². The van der Waals surface area contributed by atoms with Crippen LogP contribution in [0.1, 0.15) is 35.6 Å². The summed E-state index contributed by atoms with van der Waals surface area (Å²) in [5.74, 6) is -0.0236. The Kier molecular flexibility index (Phi) is 4.37. The van der Waals surface area contributed by atoms with Gasteiger partial charge in [0.2, 0.25) is 5.91 Å². The SMILES string of the molecule is Cc1ccc(C(C)NC(=O)C2CCC(CN)O2)s1. The predicted molar refractivity (Wildman–Crippen MR) is 72.6 cm³/mol. The van der Waals surface area contributed by atoms with Crippen molar-refractivity contribution in [1.82, 2.24) is 5.32 Å². The van der Waals surface area contributed by atoms with Crippen LogP contribution < -0.4 is 11.1 Å². The summed E-state index contributed by atoms with van der Waals surface area (Å²) >= 11 is 1.71. The van der Waals surface area contributed by atoms with Crippen LogP contribution >= 0.6 is 11.3 Å². The first-order valence-corrected chi connectivity index (χ1v) is 7.14. The van der Waals surface area contributed by atoms with Gasteiger partial charge in [0.05, 0.1) is 12.1 Å². The first kappa shape index (κ1) is 13.5. The number of hydrogen-bond acceptors (Lipinski definition) is 4. The summed E-state index contributed by atoms with van der Waals surface area (Å²) in [4.78, 5) is 14.5. The molecule has 3 unspecified atom stereocenters. The van der Waals surface area contributed by atoms with E-state index in [1.165, 1.54) is 9.75 Å². The van der Waals surface area contributed by atoms with Gasteiger partial charge in [-0.15, -0.1) is 11.3 Å². The van der Waals surface area contributed by atoms with Gasteiger partial charge in [0.25, 0.3) is 0 Å². The molecule has 1 saturated heterocycles. The third-order valence-electron chi connectivity index (χ3n) is 3.21. The third-order valence-corrected chi connectivity index (χ3v) is 4.39. The fourth-order valence-electron chi connectivity index (χ4n) is 2.14. The normalized spacial score (nSPS) is 25.1. The van der Waals surface area contributed by atoms with Gasteiger partial charge < -0.3 is 15.8 Å². The summed E-state index contributed by atoms with van der Waals surface area (Å²) in [6.45, 7) is 4.55. The lowest BCUT2D eigenvalue weighted by atomic mass is 10.1. The zero-order valence-corrected chi connectivity index (χ0v) is 11.6. The minimum Gasteiger partial charge on any atom is -0.364 e. The Morgan fingerprint density at radius 3 is 2.94 bits per heavy atom. The fourth-order valence-corrected chi connectivity index (χ4v) is 3.02. The van der Waals surface area contributed by atoms with E-state index in [9.17, 15) is 4.79 Å². The van der Waals surface area contributed by atoms with Crippen molar-refractivity contribution in [3.05, 3.63) is 21.9 Å². The molecule has 1 aliphatic rings. The molecule has 3 atom stereocenters. The molecule has 100 valence electrons. The van der Waals surface area contributed by atoms with E-state index < -0.39 is 0 Å². The van der Waals surface area contributed by atoms with Crippen LogP contribution in [0.2, 0.25) is 0 Å². The van der Waals surface area contributed by atoms with Gasteiger partial charge in [-0.3, -0.25) is 4.79 Å². The van der Waals surface area contributed by atoms with Gasteiger partial charge in [-0.05, 0) is 38.8 Å². The van der Waals surface area contributed by atoms with Crippen molar-refractivity contribution < 1.29 is 9.53 Å². The highest BCUT2D eigenvalue weighted by Gasteiger charge is 2.30. The molecule has 4 nitrogen and oxygen atoms in total. The molecular weight excluding hydrogens is 248 g/mol. The number of hydrogen-bond donors (Lipinski definition) is 2. The molecule has 2 rings (SSSR count). The molecule has 1 fully saturated rings. The van der Waals surface area contributed by atoms with Gasteiger partial charge in [-0.1, -0.05) is 0 Å². The minimum atomic E-state index is -0.331.